The highest BCUT2D eigenvalue weighted by Crippen LogP contribution is 2.19. The van der Waals surface area contributed by atoms with Crippen molar-refractivity contribution >= 4 is 5.71 Å². The van der Waals surface area contributed by atoms with Crippen molar-refractivity contribution in [1.82, 2.24) is 4.90 Å². The molecule has 1 saturated carbocycles. The summed E-state index contributed by atoms with van der Waals surface area (Å²) >= 11 is 0. The largest absolute Gasteiger partial charge is 0.411 e. The zero-order valence-electron chi connectivity index (χ0n) is 9.90. The summed E-state index contributed by atoms with van der Waals surface area (Å²) in [7, 11) is 0. The second-order valence-corrected chi connectivity index (χ2v) is 4.79. The zero-order valence-corrected chi connectivity index (χ0v) is 9.90. The number of hydrogen-bond acceptors (Lipinski definition) is 4. The Morgan fingerprint density at radius 3 is 2.56 bits per heavy atom. The number of nitrogens with zero attached hydrogens (tertiary/aromatic N) is 2. The summed E-state index contributed by atoms with van der Waals surface area (Å²) in [5, 5.41) is 11.9. The summed E-state index contributed by atoms with van der Waals surface area (Å²) in [5.41, 5.74) is 0.930. The summed E-state index contributed by atoms with van der Waals surface area (Å²) in [4.78, 5) is 2.48. The Morgan fingerprint density at radius 2 is 1.94 bits per heavy atom. The molecule has 2 fully saturated rings. The summed E-state index contributed by atoms with van der Waals surface area (Å²) in [5.74, 6) is 0. The Balaban J connectivity index is 1.56. The molecule has 1 aliphatic heterocycles. The molecule has 0 radical (unpaired) electrons. The molecule has 1 aliphatic carbocycles. The van der Waals surface area contributed by atoms with Gasteiger partial charge in [-0.05, 0) is 51.6 Å². The molecule has 2 rings (SSSR count). The molecule has 0 aromatic heterocycles. The lowest BCUT2D eigenvalue weighted by Crippen LogP contribution is -2.28. The Morgan fingerprint density at radius 1 is 1.25 bits per heavy atom. The van der Waals surface area contributed by atoms with Crippen LogP contribution in [0.2, 0.25) is 0 Å². The number of oxime groups is 1. The molecule has 1 N–H and O–H groups in total. The Bertz CT molecular complexity index is 227. The van der Waals surface area contributed by atoms with Crippen molar-refractivity contribution in [1.29, 1.82) is 0 Å². The average molecular weight is 226 g/mol. The van der Waals surface area contributed by atoms with Crippen molar-refractivity contribution in [3.05, 3.63) is 0 Å². The van der Waals surface area contributed by atoms with E-state index in [0.29, 0.717) is 6.10 Å². The second-order valence-electron chi connectivity index (χ2n) is 4.79. The maximum Gasteiger partial charge on any atom is 0.0597 e. The summed E-state index contributed by atoms with van der Waals surface area (Å²) in [6.07, 6.45) is 6.89. The molecule has 0 spiro atoms. The van der Waals surface area contributed by atoms with Gasteiger partial charge in [-0.3, -0.25) is 0 Å². The van der Waals surface area contributed by atoms with E-state index >= 15 is 0 Å². The topological polar surface area (TPSA) is 45.1 Å². The molecule has 4 nitrogen and oxygen atoms in total. The standard InChI is InChI=1S/C12H22N2O2/c15-13-11-3-5-12(6-4-11)16-10-9-14-7-1-2-8-14/h12,15H,1-10H2. The predicted molar refractivity (Wildman–Crippen MR) is 63.1 cm³/mol. The van der Waals surface area contributed by atoms with Crippen LogP contribution < -0.4 is 0 Å². The van der Waals surface area contributed by atoms with E-state index < -0.39 is 0 Å². The first-order valence-electron chi connectivity index (χ1n) is 6.42. The van der Waals surface area contributed by atoms with Gasteiger partial charge in [-0.15, -0.1) is 0 Å². The quantitative estimate of drug-likeness (QED) is 0.588. The van der Waals surface area contributed by atoms with Crippen molar-refractivity contribution < 1.29 is 9.94 Å². The minimum atomic E-state index is 0.383. The van der Waals surface area contributed by atoms with Gasteiger partial charge in [-0.1, -0.05) is 5.16 Å². The molecule has 1 heterocycles. The van der Waals surface area contributed by atoms with Gasteiger partial charge >= 0.3 is 0 Å². The minimum absolute atomic E-state index is 0.383. The number of rotatable bonds is 4. The number of likely N-dealkylation sites (tertiary alicyclic amines) is 1. The summed E-state index contributed by atoms with van der Waals surface area (Å²) in [6.45, 7) is 4.43. The van der Waals surface area contributed by atoms with Crippen LogP contribution in [0.25, 0.3) is 0 Å². The van der Waals surface area contributed by atoms with Crippen LogP contribution in [0.1, 0.15) is 38.5 Å². The summed E-state index contributed by atoms with van der Waals surface area (Å²) < 4.78 is 5.86. The molecule has 0 atom stereocenters. The van der Waals surface area contributed by atoms with Crippen LogP contribution in [0.15, 0.2) is 5.16 Å². The van der Waals surface area contributed by atoms with Crippen molar-refractivity contribution in [2.24, 2.45) is 5.16 Å². The normalized spacial score (nSPS) is 27.2. The van der Waals surface area contributed by atoms with Crippen LogP contribution in [0.5, 0.6) is 0 Å². The van der Waals surface area contributed by atoms with Crippen molar-refractivity contribution in [3.8, 4) is 0 Å². The van der Waals surface area contributed by atoms with Crippen LogP contribution in [-0.2, 0) is 4.74 Å². The van der Waals surface area contributed by atoms with Gasteiger partial charge in [-0.2, -0.15) is 0 Å². The van der Waals surface area contributed by atoms with Gasteiger partial charge in [0.15, 0.2) is 0 Å². The lowest BCUT2D eigenvalue weighted by Gasteiger charge is -2.24. The van der Waals surface area contributed by atoms with Crippen LogP contribution in [-0.4, -0.2) is 48.2 Å². The molecule has 0 amide bonds. The monoisotopic (exact) mass is 226 g/mol. The van der Waals surface area contributed by atoms with Crippen molar-refractivity contribution in [2.45, 2.75) is 44.6 Å². The van der Waals surface area contributed by atoms with Gasteiger partial charge in [0.2, 0.25) is 0 Å². The van der Waals surface area contributed by atoms with Crippen LogP contribution in [0.3, 0.4) is 0 Å². The molecular weight excluding hydrogens is 204 g/mol. The molecule has 4 heteroatoms. The average Bonchev–Trinajstić information content (AvgIpc) is 2.83. The number of ether oxygens (including phenoxy) is 1. The van der Waals surface area contributed by atoms with E-state index in [9.17, 15) is 0 Å². The predicted octanol–water partition coefficient (Wildman–Crippen LogP) is 1.87. The molecular formula is C12H22N2O2. The van der Waals surface area contributed by atoms with Crippen LogP contribution >= 0.6 is 0 Å². The van der Waals surface area contributed by atoms with E-state index in [2.05, 4.69) is 10.1 Å². The highest BCUT2D eigenvalue weighted by molar-refractivity contribution is 5.84. The Hall–Kier alpha value is -0.610. The van der Waals surface area contributed by atoms with Gasteiger partial charge in [0, 0.05) is 6.54 Å². The third-order valence-corrected chi connectivity index (χ3v) is 3.61. The SMILES string of the molecule is ON=C1CCC(OCCN2CCCC2)CC1. The van der Waals surface area contributed by atoms with E-state index in [4.69, 9.17) is 9.94 Å². The molecule has 0 unspecified atom stereocenters. The third-order valence-electron chi connectivity index (χ3n) is 3.61. The highest BCUT2D eigenvalue weighted by Gasteiger charge is 2.19. The van der Waals surface area contributed by atoms with Crippen LogP contribution in [0.4, 0.5) is 0 Å². The van der Waals surface area contributed by atoms with E-state index in [-0.39, 0.29) is 0 Å². The maximum atomic E-state index is 8.64. The first-order chi connectivity index (χ1) is 7.88. The molecule has 1 saturated heterocycles. The van der Waals surface area contributed by atoms with Gasteiger partial charge < -0.3 is 14.8 Å². The van der Waals surface area contributed by atoms with E-state index in [1.807, 2.05) is 0 Å². The summed E-state index contributed by atoms with van der Waals surface area (Å²) in [6, 6.07) is 0. The lowest BCUT2D eigenvalue weighted by atomic mass is 9.96. The lowest BCUT2D eigenvalue weighted by molar-refractivity contribution is 0.0290. The smallest absolute Gasteiger partial charge is 0.0597 e. The van der Waals surface area contributed by atoms with E-state index in [1.165, 1.54) is 25.9 Å². The van der Waals surface area contributed by atoms with Gasteiger partial charge in [0.1, 0.15) is 0 Å². The molecule has 0 bridgehead atoms. The zero-order chi connectivity index (χ0) is 11.2. The van der Waals surface area contributed by atoms with E-state index in [0.717, 1.165) is 44.5 Å². The molecule has 2 aliphatic rings. The van der Waals surface area contributed by atoms with Crippen LogP contribution in [0, 0.1) is 0 Å². The fourth-order valence-corrected chi connectivity index (χ4v) is 2.55. The minimum Gasteiger partial charge on any atom is -0.411 e. The molecule has 92 valence electrons. The first-order valence-corrected chi connectivity index (χ1v) is 6.42. The third kappa shape index (κ3) is 3.46. The first kappa shape index (κ1) is 11.9. The van der Waals surface area contributed by atoms with Gasteiger partial charge in [-0.25, -0.2) is 0 Å². The molecule has 0 aromatic rings. The fourth-order valence-electron chi connectivity index (χ4n) is 2.55. The maximum absolute atomic E-state index is 8.64. The fraction of sp³-hybridized carbons (Fsp3) is 0.917. The molecule has 0 aromatic carbocycles. The second kappa shape index (κ2) is 6.21. The number of hydrogen-bond donors (Lipinski definition) is 1. The van der Waals surface area contributed by atoms with Crippen molar-refractivity contribution in [3.63, 3.8) is 0 Å². The van der Waals surface area contributed by atoms with Gasteiger partial charge in [0.25, 0.3) is 0 Å². The highest BCUT2D eigenvalue weighted by atomic mass is 16.5. The molecule has 16 heavy (non-hydrogen) atoms. The van der Waals surface area contributed by atoms with E-state index in [1.54, 1.807) is 0 Å². The van der Waals surface area contributed by atoms with Crippen molar-refractivity contribution in [2.75, 3.05) is 26.2 Å². The van der Waals surface area contributed by atoms with Gasteiger partial charge in [0.05, 0.1) is 18.4 Å². The Labute approximate surface area is 97.3 Å². The Kier molecular flexibility index (Phi) is 4.60.